The predicted octanol–water partition coefficient (Wildman–Crippen LogP) is 1.70. The van der Waals surface area contributed by atoms with E-state index in [4.69, 9.17) is 5.73 Å². The molecule has 0 aromatic heterocycles. The Bertz CT molecular complexity index is 560. The summed E-state index contributed by atoms with van der Waals surface area (Å²) >= 11 is 0. The molecule has 4 atom stereocenters. The number of urea groups is 1. The molecular formula is C17H23N3O2. The minimum absolute atomic E-state index is 0.0741. The van der Waals surface area contributed by atoms with Crippen LogP contribution in [0.5, 0.6) is 0 Å². The number of nitrogens with two attached hydrogens (primary N) is 1. The summed E-state index contributed by atoms with van der Waals surface area (Å²) in [6, 6.07) is 10.5. The molecule has 0 spiro atoms. The van der Waals surface area contributed by atoms with Gasteiger partial charge < -0.3 is 16.0 Å². The summed E-state index contributed by atoms with van der Waals surface area (Å²) in [6.07, 6.45) is 1.79. The fourth-order valence-corrected chi connectivity index (χ4v) is 3.42. The molecule has 5 nitrogen and oxygen atoms in total. The average Bonchev–Trinajstić information content (AvgIpc) is 3.16. The second-order valence-corrected chi connectivity index (χ2v) is 6.49. The van der Waals surface area contributed by atoms with Crippen molar-refractivity contribution in [3.63, 3.8) is 0 Å². The van der Waals surface area contributed by atoms with Gasteiger partial charge in [-0.05, 0) is 37.2 Å². The highest BCUT2D eigenvalue weighted by atomic mass is 16.2. The third-order valence-electron chi connectivity index (χ3n) is 4.94. The fourth-order valence-electron chi connectivity index (χ4n) is 3.42. The maximum atomic E-state index is 12.3. The zero-order valence-electron chi connectivity index (χ0n) is 12.9. The summed E-state index contributed by atoms with van der Waals surface area (Å²) < 4.78 is 0. The number of carbonyl (C=O) groups is 2. The third-order valence-corrected chi connectivity index (χ3v) is 4.94. The van der Waals surface area contributed by atoms with E-state index in [-0.39, 0.29) is 23.9 Å². The molecule has 22 heavy (non-hydrogen) atoms. The van der Waals surface area contributed by atoms with Crippen molar-refractivity contribution in [2.45, 2.75) is 31.7 Å². The molecule has 2 fully saturated rings. The van der Waals surface area contributed by atoms with Crippen LogP contribution in [0.4, 0.5) is 4.79 Å². The van der Waals surface area contributed by atoms with E-state index in [0.29, 0.717) is 31.3 Å². The van der Waals surface area contributed by atoms with Crippen LogP contribution in [0.15, 0.2) is 30.3 Å². The van der Waals surface area contributed by atoms with Crippen molar-refractivity contribution in [1.82, 2.24) is 10.2 Å². The lowest BCUT2D eigenvalue weighted by Gasteiger charge is -2.21. The maximum Gasteiger partial charge on any atom is 0.317 e. The van der Waals surface area contributed by atoms with Gasteiger partial charge in [0, 0.05) is 19.1 Å². The minimum atomic E-state index is -0.310. The summed E-state index contributed by atoms with van der Waals surface area (Å²) in [7, 11) is 0. The van der Waals surface area contributed by atoms with Gasteiger partial charge in [-0.25, -0.2) is 4.79 Å². The fraction of sp³-hybridized carbons (Fsp3) is 0.529. The average molecular weight is 301 g/mol. The summed E-state index contributed by atoms with van der Waals surface area (Å²) in [5, 5.41) is 3.08. The Morgan fingerprint density at radius 2 is 2.05 bits per heavy atom. The molecule has 0 bridgehead atoms. The van der Waals surface area contributed by atoms with Gasteiger partial charge in [0.15, 0.2) is 0 Å². The molecule has 118 valence electrons. The Labute approximate surface area is 130 Å². The highest BCUT2D eigenvalue weighted by Crippen LogP contribution is 2.49. The van der Waals surface area contributed by atoms with Crippen molar-refractivity contribution in [2.75, 3.05) is 13.1 Å². The first-order valence-corrected chi connectivity index (χ1v) is 7.96. The first-order chi connectivity index (χ1) is 10.6. The number of hydrogen-bond acceptors (Lipinski definition) is 2. The molecule has 2 aliphatic rings. The van der Waals surface area contributed by atoms with Gasteiger partial charge in [-0.3, -0.25) is 4.79 Å². The van der Waals surface area contributed by atoms with Crippen LogP contribution in [0.2, 0.25) is 0 Å². The molecule has 5 heteroatoms. The summed E-state index contributed by atoms with van der Waals surface area (Å²) in [6.45, 7) is 3.12. The van der Waals surface area contributed by atoms with E-state index in [0.717, 1.165) is 6.42 Å². The second kappa shape index (κ2) is 5.99. The van der Waals surface area contributed by atoms with Gasteiger partial charge in [0.1, 0.15) is 0 Å². The number of nitrogens with zero attached hydrogens (tertiary/aromatic N) is 1. The number of amides is 3. The largest absolute Gasteiger partial charge is 0.369 e. The number of hydrogen-bond donors (Lipinski definition) is 2. The Balaban J connectivity index is 1.50. The molecule has 0 unspecified atom stereocenters. The SMILES string of the molecule is C[C@H](NC(=O)N1CC[C@H](C(N)=O)C1)[C@H]1C[C@@H]1c1ccccc1. The van der Waals surface area contributed by atoms with Crippen molar-refractivity contribution in [1.29, 1.82) is 0 Å². The first kappa shape index (κ1) is 14.9. The molecule has 3 amide bonds. The zero-order chi connectivity index (χ0) is 15.7. The molecule has 1 aliphatic heterocycles. The van der Waals surface area contributed by atoms with Gasteiger partial charge in [0.25, 0.3) is 0 Å². The lowest BCUT2D eigenvalue weighted by atomic mass is 10.1. The van der Waals surface area contributed by atoms with Crippen molar-refractivity contribution < 1.29 is 9.59 Å². The standard InChI is InChI=1S/C17H23N3O2/c1-11(14-9-15(14)12-5-3-2-4-6-12)19-17(22)20-8-7-13(10-20)16(18)21/h2-6,11,13-15H,7-10H2,1H3,(H2,18,21)(H,19,22)/t11-,13-,14+,15+/m0/s1. The lowest BCUT2D eigenvalue weighted by molar-refractivity contribution is -0.121. The van der Waals surface area contributed by atoms with E-state index >= 15 is 0 Å². The minimum Gasteiger partial charge on any atom is -0.369 e. The van der Waals surface area contributed by atoms with Crippen LogP contribution in [-0.2, 0) is 4.79 Å². The van der Waals surface area contributed by atoms with Crippen LogP contribution >= 0.6 is 0 Å². The summed E-state index contributed by atoms with van der Waals surface area (Å²) in [5.41, 5.74) is 6.66. The van der Waals surface area contributed by atoms with Crippen LogP contribution in [0.25, 0.3) is 0 Å². The van der Waals surface area contributed by atoms with E-state index in [1.165, 1.54) is 5.56 Å². The van der Waals surface area contributed by atoms with Gasteiger partial charge in [0.2, 0.25) is 5.91 Å². The molecule has 3 rings (SSSR count). The monoisotopic (exact) mass is 301 g/mol. The van der Waals surface area contributed by atoms with E-state index in [9.17, 15) is 9.59 Å². The lowest BCUT2D eigenvalue weighted by Crippen LogP contribution is -2.44. The number of nitrogens with one attached hydrogen (secondary N) is 1. The molecule has 3 N–H and O–H groups in total. The topological polar surface area (TPSA) is 75.4 Å². The molecule has 1 aliphatic carbocycles. The van der Waals surface area contributed by atoms with Crippen molar-refractivity contribution >= 4 is 11.9 Å². The summed E-state index contributed by atoms with van der Waals surface area (Å²) in [4.78, 5) is 25.1. The Hall–Kier alpha value is -2.04. The highest BCUT2D eigenvalue weighted by Gasteiger charge is 2.43. The van der Waals surface area contributed by atoms with Crippen LogP contribution in [0.3, 0.4) is 0 Å². The quantitative estimate of drug-likeness (QED) is 0.888. The number of benzene rings is 1. The van der Waals surface area contributed by atoms with E-state index in [1.807, 2.05) is 6.07 Å². The highest BCUT2D eigenvalue weighted by molar-refractivity contribution is 5.80. The van der Waals surface area contributed by atoms with E-state index in [2.05, 4.69) is 36.5 Å². The van der Waals surface area contributed by atoms with E-state index < -0.39 is 0 Å². The van der Waals surface area contributed by atoms with Gasteiger partial charge in [-0.15, -0.1) is 0 Å². The second-order valence-electron chi connectivity index (χ2n) is 6.49. The molecule has 1 saturated carbocycles. The first-order valence-electron chi connectivity index (χ1n) is 7.96. The van der Waals surface area contributed by atoms with Gasteiger partial charge in [-0.1, -0.05) is 30.3 Å². The normalized spacial score (nSPS) is 28.2. The van der Waals surface area contributed by atoms with Crippen molar-refractivity contribution in [3.05, 3.63) is 35.9 Å². The molecule has 1 saturated heterocycles. The number of likely N-dealkylation sites (tertiary alicyclic amines) is 1. The number of carbonyl (C=O) groups excluding carboxylic acids is 2. The molecule has 1 aromatic rings. The van der Waals surface area contributed by atoms with Crippen LogP contribution in [-0.4, -0.2) is 36.0 Å². The maximum absolute atomic E-state index is 12.3. The Morgan fingerprint density at radius 3 is 2.68 bits per heavy atom. The third kappa shape index (κ3) is 3.08. The van der Waals surface area contributed by atoms with Crippen molar-refractivity contribution in [3.8, 4) is 0 Å². The smallest absolute Gasteiger partial charge is 0.317 e. The molecule has 1 aromatic carbocycles. The molecule has 1 heterocycles. The number of primary amides is 1. The Morgan fingerprint density at radius 1 is 1.32 bits per heavy atom. The number of rotatable bonds is 4. The zero-order valence-corrected chi connectivity index (χ0v) is 12.9. The van der Waals surface area contributed by atoms with E-state index in [1.54, 1.807) is 4.90 Å². The molecular weight excluding hydrogens is 278 g/mol. The summed E-state index contributed by atoms with van der Waals surface area (Å²) in [5.74, 6) is 0.545. The van der Waals surface area contributed by atoms with Gasteiger partial charge >= 0.3 is 6.03 Å². The van der Waals surface area contributed by atoms with Crippen LogP contribution < -0.4 is 11.1 Å². The van der Waals surface area contributed by atoms with Crippen LogP contribution in [0, 0.1) is 11.8 Å². The van der Waals surface area contributed by atoms with Gasteiger partial charge in [-0.2, -0.15) is 0 Å². The molecule has 0 radical (unpaired) electrons. The van der Waals surface area contributed by atoms with Crippen LogP contribution in [0.1, 0.15) is 31.2 Å². The van der Waals surface area contributed by atoms with Crippen molar-refractivity contribution in [2.24, 2.45) is 17.6 Å². The van der Waals surface area contributed by atoms with Gasteiger partial charge in [0.05, 0.1) is 5.92 Å². The predicted molar refractivity (Wildman–Crippen MR) is 84.2 cm³/mol. The Kier molecular flexibility index (Phi) is 4.05.